The molecule has 0 spiro atoms. The van der Waals surface area contributed by atoms with Gasteiger partial charge in [0, 0.05) is 0 Å². The van der Waals surface area contributed by atoms with Crippen molar-refractivity contribution >= 4 is 0 Å². The maximum atomic E-state index is 12.4. The predicted molar refractivity (Wildman–Crippen MR) is 48.0 cm³/mol. The van der Waals surface area contributed by atoms with E-state index in [1.54, 1.807) is 6.07 Å². The minimum Gasteiger partial charge on any atom is -0.166 e. The predicted octanol–water partition coefficient (Wildman–Crippen LogP) is 3.97. The molecule has 0 amide bonds. The van der Waals surface area contributed by atoms with Crippen molar-refractivity contribution in [2.24, 2.45) is 0 Å². The fourth-order valence-electron chi connectivity index (χ4n) is 1.71. The molecular weight excluding hydrogens is 189 g/mol. The normalized spacial score (nSPS) is 17.9. The summed E-state index contributed by atoms with van der Waals surface area (Å²) in [6, 6.07) is 5.70. The van der Waals surface area contributed by atoms with Crippen LogP contribution < -0.4 is 0 Å². The van der Waals surface area contributed by atoms with Crippen LogP contribution in [0.25, 0.3) is 0 Å². The Hall–Kier alpha value is -0.990. The lowest BCUT2D eigenvalue weighted by atomic mass is 9.80. The molecule has 1 aliphatic rings. The number of halogens is 3. The zero-order valence-corrected chi connectivity index (χ0v) is 7.64. The molecule has 0 atom stereocenters. The molecular formula is C11H11F3. The van der Waals surface area contributed by atoms with Crippen LogP contribution in [-0.4, -0.2) is 0 Å². The molecule has 1 aliphatic carbocycles. The molecule has 0 heterocycles. The maximum absolute atomic E-state index is 12.4. The third kappa shape index (κ3) is 1.76. The van der Waals surface area contributed by atoms with Crippen LogP contribution in [-0.2, 0) is 6.18 Å². The van der Waals surface area contributed by atoms with Crippen molar-refractivity contribution in [3.63, 3.8) is 0 Å². The summed E-state index contributed by atoms with van der Waals surface area (Å²) in [5.41, 5.74) is 0.313. The largest absolute Gasteiger partial charge is 0.416 e. The Labute approximate surface area is 80.7 Å². The number of rotatable bonds is 1. The molecule has 0 N–H and O–H groups in total. The Kier molecular flexibility index (Phi) is 2.25. The van der Waals surface area contributed by atoms with E-state index in [1.807, 2.05) is 0 Å². The molecule has 0 bridgehead atoms. The van der Waals surface area contributed by atoms with E-state index in [1.165, 1.54) is 12.1 Å². The summed E-state index contributed by atoms with van der Waals surface area (Å²) in [4.78, 5) is 0. The highest BCUT2D eigenvalue weighted by atomic mass is 19.4. The third-order valence-corrected chi connectivity index (χ3v) is 2.79. The van der Waals surface area contributed by atoms with Gasteiger partial charge < -0.3 is 0 Å². The van der Waals surface area contributed by atoms with Crippen molar-refractivity contribution in [2.45, 2.75) is 31.4 Å². The summed E-state index contributed by atoms with van der Waals surface area (Å²) in [6.07, 6.45) is -1.01. The standard InChI is InChI=1S/C11H11F3/c12-11(13,14)10-6-2-5-9(7-10)8-3-1-4-8/h2,5-8H,1,3-4H2. The van der Waals surface area contributed by atoms with Gasteiger partial charge in [0.05, 0.1) is 5.56 Å². The van der Waals surface area contributed by atoms with Crippen molar-refractivity contribution < 1.29 is 13.2 Å². The fourth-order valence-corrected chi connectivity index (χ4v) is 1.71. The lowest BCUT2D eigenvalue weighted by Gasteiger charge is -2.26. The van der Waals surface area contributed by atoms with E-state index in [0.29, 0.717) is 5.92 Å². The highest BCUT2D eigenvalue weighted by Crippen LogP contribution is 2.38. The SMILES string of the molecule is FC(F)(F)c1cccc(C2CCC2)c1. The van der Waals surface area contributed by atoms with Crippen molar-refractivity contribution in [2.75, 3.05) is 0 Å². The summed E-state index contributed by atoms with van der Waals surface area (Å²) in [5, 5.41) is 0. The van der Waals surface area contributed by atoms with E-state index in [-0.39, 0.29) is 0 Å². The van der Waals surface area contributed by atoms with Crippen LogP contribution in [0.1, 0.15) is 36.3 Å². The number of hydrogen-bond donors (Lipinski definition) is 0. The first kappa shape index (κ1) is 9.56. The highest BCUT2D eigenvalue weighted by molar-refractivity contribution is 5.29. The highest BCUT2D eigenvalue weighted by Gasteiger charge is 2.31. The van der Waals surface area contributed by atoms with E-state index < -0.39 is 11.7 Å². The van der Waals surface area contributed by atoms with Crippen LogP contribution >= 0.6 is 0 Å². The molecule has 2 rings (SSSR count). The van der Waals surface area contributed by atoms with Crippen molar-refractivity contribution in [1.29, 1.82) is 0 Å². The van der Waals surface area contributed by atoms with Gasteiger partial charge in [0.25, 0.3) is 0 Å². The van der Waals surface area contributed by atoms with Gasteiger partial charge in [-0.25, -0.2) is 0 Å². The van der Waals surface area contributed by atoms with Gasteiger partial charge in [-0.15, -0.1) is 0 Å². The van der Waals surface area contributed by atoms with Crippen molar-refractivity contribution in [3.05, 3.63) is 35.4 Å². The Morgan fingerprint density at radius 2 is 1.86 bits per heavy atom. The first-order valence-electron chi connectivity index (χ1n) is 4.74. The topological polar surface area (TPSA) is 0 Å². The molecule has 3 heteroatoms. The summed E-state index contributed by atoms with van der Waals surface area (Å²) >= 11 is 0. The van der Waals surface area contributed by atoms with Crippen LogP contribution in [0.3, 0.4) is 0 Å². The average Bonchev–Trinajstić information content (AvgIpc) is 2.00. The van der Waals surface area contributed by atoms with Crippen molar-refractivity contribution in [1.82, 2.24) is 0 Å². The van der Waals surface area contributed by atoms with Gasteiger partial charge in [-0.3, -0.25) is 0 Å². The Bertz CT molecular complexity index is 324. The fraction of sp³-hybridized carbons (Fsp3) is 0.455. The second kappa shape index (κ2) is 3.30. The molecule has 0 unspecified atom stereocenters. The van der Waals surface area contributed by atoms with Crippen molar-refractivity contribution in [3.8, 4) is 0 Å². The molecule has 1 aromatic rings. The lowest BCUT2D eigenvalue weighted by molar-refractivity contribution is -0.137. The Morgan fingerprint density at radius 1 is 1.14 bits per heavy atom. The van der Waals surface area contributed by atoms with Crippen LogP contribution in [0.4, 0.5) is 13.2 Å². The van der Waals surface area contributed by atoms with Gasteiger partial charge in [0.1, 0.15) is 0 Å². The molecule has 14 heavy (non-hydrogen) atoms. The van der Waals surface area contributed by atoms with Gasteiger partial charge in [-0.2, -0.15) is 13.2 Å². The lowest BCUT2D eigenvalue weighted by Crippen LogP contribution is -2.11. The Morgan fingerprint density at radius 3 is 2.36 bits per heavy atom. The summed E-state index contributed by atoms with van der Waals surface area (Å²) < 4.78 is 37.1. The number of alkyl halides is 3. The molecule has 0 radical (unpaired) electrons. The van der Waals surface area contributed by atoms with E-state index in [0.717, 1.165) is 30.9 Å². The molecule has 0 aromatic heterocycles. The molecule has 0 aliphatic heterocycles. The smallest absolute Gasteiger partial charge is 0.166 e. The molecule has 76 valence electrons. The molecule has 1 aromatic carbocycles. The second-order valence-corrected chi connectivity index (χ2v) is 3.75. The van der Waals surface area contributed by atoms with E-state index >= 15 is 0 Å². The number of hydrogen-bond acceptors (Lipinski definition) is 0. The van der Waals surface area contributed by atoms with Gasteiger partial charge in [-0.05, 0) is 30.4 Å². The molecule has 0 saturated heterocycles. The summed E-state index contributed by atoms with van der Waals surface area (Å²) in [7, 11) is 0. The monoisotopic (exact) mass is 200 g/mol. The molecule has 0 nitrogen and oxygen atoms in total. The Balaban J connectivity index is 2.26. The number of benzene rings is 1. The van der Waals surface area contributed by atoms with Crippen LogP contribution in [0.5, 0.6) is 0 Å². The zero-order chi connectivity index (χ0) is 10.2. The molecule has 1 saturated carbocycles. The van der Waals surface area contributed by atoms with Gasteiger partial charge in [-0.1, -0.05) is 24.6 Å². The van der Waals surface area contributed by atoms with Gasteiger partial charge in [0.15, 0.2) is 0 Å². The minimum absolute atomic E-state index is 0.359. The summed E-state index contributed by atoms with van der Waals surface area (Å²) in [5.74, 6) is 0.359. The summed E-state index contributed by atoms with van der Waals surface area (Å²) in [6.45, 7) is 0. The first-order valence-corrected chi connectivity index (χ1v) is 4.74. The maximum Gasteiger partial charge on any atom is 0.416 e. The quantitative estimate of drug-likeness (QED) is 0.643. The van der Waals surface area contributed by atoms with E-state index in [9.17, 15) is 13.2 Å². The van der Waals surface area contributed by atoms with Gasteiger partial charge in [0.2, 0.25) is 0 Å². The van der Waals surface area contributed by atoms with Crippen LogP contribution in [0.15, 0.2) is 24.3 Å². The zero-order valence-electron chi connectivity index (χ0n) is 7.64. The van der Waals surface area contributed by atoms with Crippen LogP contribution in [0.2, 0.25) is 0 Å². The minimum atomic E-state index is -4.21. The van der Waals surface area contributed by atoms with E-state index in [2.05, 4.69) is 0 Å². The van der Waals surface area contributed by atoms with Crippen LogP contribution in [0, 0.1) is 0 Å². The molecule has 1 fully saturated rings. The first-order chi connectivity index (χ1) is 6.57. The second-order valence-electron chi connectivity index (χ2n) is 3.75. The van der Waals surface area contributed by atoms with E-state index in [4.69, 9.17) is 0 Å². The third-order valence-electron chi connectivity index (χ3n) is 2.79. The van der Waals surface area contributed by atoms with Gasteiger partial charge >= 0.3 is 6.18 Å². The average molecular weight is 200 g/mol.